The minimum atomic E-state index is -0.352. The highest BCUT2D eigenvalue weighted by Crippen LogP contribution is 2.28. The molecule has 94 valence electrons. The van der Waals surface area contributed by atoms with Gasteiger partial charge in [0.05, 0.1) is 12.7 Å². The zero-order valence-corrected chi connectivity index (χ0v) is 11.8. The number of ether oxygens (including phenoxy) is 1. The first-order chi connectivity index (χ1) is 8.08. The summed E-state index contributed by atoms with van der Waals surface area (Å²) in [5.74, 6) is -0.352. The first kappa shape index (κ1) is 13.9. The van der Waals surface area contributed by atoms with Gasteiger partial charge in [-0.3, -0.25) is 0 Å². The third-order valence-electron chi connectivity index (χ3n) is 2.02. The van der Waals surface area contributed by atoms with Crippen LogP contribution in [0.1, 0.15) is 28.6 Å². The topological polar surface area (TPSA) is 50.4 Å². The van der Waals surface area contributed by atoms with E-state index >= 15 is 0 Å². The van der Waals surface area contributed by atoms with Crippen molar-refractivity contribution < 1.29 is 9.53 Å². The molecule has 0 saturated carbocycles. The van der Waals surface area contributed by atoms with Gasteiger partial charge in [-0.2, -0.15) is 0 Å². The average molecular weight is 272 g/mol. The Bertz CT molecular complexity index is 416. The summed E-state index contributed by atoms with van der Waals surface area (Å²) in [4.78, 5) is 12.6. The van der Waals surface area contributed by atoms with Gasteiger partial charge in [-0.05, 0) is 31.6 Å². The summed E-state index contributed by atoms with van der Waals surface area (Å²) in [5, 5.41) is 7.32. The fraction of sp³-hybridized carbons (Fsp3) is 0.455. The van der Waals surface area contributed by atoms with Crippen molar-refractivity contribution in [2.75, 3.05) is 19.0 Å². The van der Waals surface area contributed by atoms with Crippen LogP contribution < -0.4 is 10.6 Å². The average Bonchev–Trinajstić information content (AvgIpc) is 2.66. The lowest BCUT2D eigenvalue weighted by atomic mass is 10.3. The van der Waals surface area contributed by atoms with Crippen LogP contribution >= 0.6 is 23.6 Å². The van der Waals surface area contributed by atoms with E-state index in [1.807, 2.05) is 6.92 Å². The summed E-state index contributed by atoms with van der Waals surface area (Å²) in [6, 6.07) is 1.79. The summed E-state index contributed by atoms with van der Waals surface area (Å²) in [6.45, 7) is 4.80. The molecular weight excluding hydrogens is 256 g/mol. The van der Waals surface area contributed by atoms with Crippen LogP contribution in [-0.2, 0) is 4.74 Å². The summed E-state index contributed by atoms with van der Waals surface area (Å²) in [7, 11) is 1.37. The van der Waals surface area contributed by atoms with Crippen molar-refractivity contribution in [2.45, 2.75) is 20.3 Å². The zero-order valence-electron chi connectivity index (χ0n) is 10.1. The quantitative estimate of drug-likeness (QED) is 0.651. The van der Waals surface area contributed by atoms with E-state index in [9.17, 15) is 4.79 Å². The van der Waals surface area contributed by atoms with E-state index in [0.717, 1.165) is 22.8 Å². The van der Waals surface area contributed by atoms with E-state index in [1.54, 1.807) is 6.07 Å². The Morgan fingerprint density at radius 3 is 2.88 bits per heavy atom. The zero-order chi connectivity index (χ0) is 12.8. The van der Waals surface area contributed by atoms with Gasteiger partial charge in [-0.15, -0.1) is 11.3 Å². The fourth-order valence-corrected chi connectivity index (χ4v) is 2.43. The van der Waals surface area contributed by atoms with Crippen molar-refractivity contribution >= 4 is 39.6 Å². The molecule has 0 aromatic carbocycles. The van der Waals surface area contributed by atoms with Crippen LogP contribution in [0, 0.1) is 6.92 Å². The van der Waals surface area contributed by atoms with Crippen molar-refractivity contribution in [3.8, 4) is 0 Å². The number of hydrogen-bond acceptors (Lipinski definition) is 4. The van der Waals surface area contributed by atoms with E-state index in [0.29, 0.717) is 10.7 Å². The number of hydrogen-bond donors (Lipinski definition) is 2. The van der Waals surface area contributed by atoms with Gasteiger partial charge in [0.2, 0.25) is 0 Å². The van der Waals surface area contributed by atoms with Gasteiger partial charge in [0, 0.05) is 11.4 Å². The minimum Gasteiger partial charge on any atom is -0.465 e. The third kappa shape index (κ3) is 3.98. The SMILES string of the molecule is CCCNC(=S)Nc1sc(C)cc1C(=O)OC. The van der Waals surface area contributed by atoms with Gasteiger partial charge in [0.25, 0.3) is 0 Å². The molecule has 1 rings (SSSR count). The van der Waals surface area contributed by atoms with Crippen molar-refractivity contribution in [3.63, 3.8) is 0 Å². The van der Waals surface area contributed by atoms with E-state index in [1.165, 1.54) is 18.4 Å². The number of esters is 1. The Morgan fingerprint density at radius 1 is 1.59 bits per heavy atom. The number of methoxy groups -OCH3 is 1. The van der Waals surface area contributed by atoms with Crippen LogP contribution in [0.4, 0.5) is 5.00 Å². The maximum atomic E-state index is 11.5. The summed E-state index contributed by atoms with van der Waals surface area (Å²) in [6.07, 6.45) is 0.995. The van der Waals surface area contributed by atoms with Crippen LogP contribution in [0.25, 0.3) is 0 Å². The van der Waals surface area contributed by atoms with Gasteiger partial charge >= 0.3 is 5.97 Å². The smallest absolute Gasteiger partial charge is 0.340 e. The Balaban J connectivity index is 2.76. The molecule has 1 heterocycles. The third-order valence-corrected chi connectivity index (χ3v) is 3.24. The number of rotatable bonds is 4. The van der Waals surface area contributed by atoms with Crippen molar-refractivity contribution in [2.24, 2.45) is 0 Å². The number of carbonyl (C=O) groups excluding carboxylic acids is 1. The number of carbonyl (C=O) groups is 1. The lowest BCUT2D eigenvalue weighted by Crippen LogP contribution is -2.29. The molecule has 1 aromatic heterocycles. The van der Waals surface area contributed by atoms with Crippen LogP contribution in [0.15, 0.2) is 6.07 Å². The highest BCUT2D eigenvalue weighted by molar-refractivity contribution is 7.80. The fourth-order valence-electron chi connectivity index (χ4n) is 1.25. The molecule has 0 aliphatic heterocycles. The summed E-state index contributed by atoms with van der Waals surface area (Å²) >= 11 is 6.61. The molecule has 0 aliphatic carbocycles. The van der Waals surface area contributed by atoms with E-state index in [4.69, 9.17) is 17.0 Å². The van der Waals surface area contributed by atoms with Gasteiger partial charge in [0.1, 0.15) is 5.00 Å². The largest absolute Gasteiger partial charge is 0.465 e. The van der Waals surface area contributed by atoms with Crippen LogP contribution in [0.5, 0.6) is 0 Å². The summed E-state index contributed by atoms with van der Waals surface area (Å²) in [5.41, 5.74) is 0.524. The molecule has 0 radical (unpaired) electrons. The van der Waals surface area contributed by atoms with Crippen LogP contribution in [0.3, 0.4) is 0 Å². The molecule has 6 heteroatoms. The normalized spacial score (nSPS) is 9.82. The van der Waals surface area contributed by atoms with Crippen LogP contribution in [0.2, 0.25) is 0 Å². The first-order valence-corrected chi connectivity index (χ1v) is 6.54. The molecule has 0 bridgehead atoms. The number of anilines is 1. The molecule has 2 N–H and O–H groups in total. The van der Waals surface area contributed by atoms with Crippen molar-refractivity contribution in [3.05, 3.63) is 16.5 Å². The Labute approximate surface area is 110 Å². The maximum absolute atomic E-state index is 11.5. The Morgan fingerprint density at radius 2 is 2.29 bits per heavy atom. The molecule has 4 nitrogen and oxygen atoms in total. The second-order valence-electron chi connectivity index (χ2n) is 3.47. The second-order valence-corrected chi connectivity index (χ2v) is 5.14. The lowest BCUT2D eigenvalue weighted by molar-refractivity contribution is 0.0602. The van der Waals surface area contributed by atoms with Gasteiger partial charge in [-0.25, -0.2) is 4.79 Å². The predicted molar refractivity (Wildman–Crippen MR) is 74.9 cm³/mol. The molecule has 0 amide bonds. The second kappa shape index (κ2) is 6.56. The molecule has 0 saturated heterocycles. The molecule has 17 heavy (non-hydrogen) atoms. The highest BCUT2D eigenvalue weighted by Gasteiger charge is 2.15. The standard InChI is InChI=1S/C11H16N2O2S2/c1-4-5-12-11(16)13-9-8(10(14)15-3)6-7(2)17-9/h6H,4-5H2,1-3H3,(H2,12,13,16). The van der Waals surface area contributed by atoms with Gasteiger partial charge in [-0.1, -0.05) is 6.92 Å². The molecule has 0 fully saturated rings. The van der Waals surface area contributed by atoms with Crippen molar-refractivity contribution in [1.82, 2.24) is 5.32 Å². The number of thiocarbonyl (C=S) groups is 1. The predicted octanol–water partition coefficient (Wildman–Crippen LogP) is 2.54. The molecule has 0 aliphatic rings. The molecular formula is C11H16N2O2S2. The minimum absolute atomic E-state index is 0.352. The first-order valence-electron chi connectivity index (χ1n) is 5.32. The maximum Gasteiger partial charge on any atom is 0.340 e. The monoisotopic (exact) mass is 272 g/mol. The van der Waals surface area contributed by atoms with E-state index < -0.39 is 0 Å². The van der Waals surface area contributed by atoms with E-state index in [2.05, 4.69) is 17.6 Å². The van der Waals surface area contributed by atoms with Crippen molar-refractivity contribution in [1.29, 1.82) is 0 Å². The highest BCUT2D eigenvalue weighted by atomic mass is 32.1. The molecule has 0 spiro atoms. The number of thiophene rings is 1. The van der Waals surface area contributed by atoms with E-state index in [-0.39, 0.29) is 5.97 Å². The molecule has 1 aromatic rings. The Hall–Kier alpha value is -1.14. The Kier molecular flexibility index (Phi) is 5.37. The van der Waals surface area contributed by atoms with Crippen LogP contribution in [-0.4, -0.2) is 24.7 Å². The number of nitrogens with one attached hydrogen (secondary N) is 2. The summed E-state index contributed by atoms with van der Waals surface area (Å²) < 4.78 is 4.72. The lowest BCUT2D eigenvalue weighted by Gasteiger charge is -2.09. The van der Waals surface area contributed by atoms with Gasteiger partial charge in [0.15, 0.2) is 5.11 Å². The number of aryl methyl sites for hydroxylation is 1. The molecule has 0 atom stereocenters. The van der Waals surface area contributed by atoms with Gasteiger partial charge < -0.3 is 15.4 Å². The molecule has 0 unspecified atom stereocenters.